The fraction of sp³-hybridized carbons (Fsp3) is 0.333. The topological polar surface area (TPSA) is 53.9 Å². The van der Waals surface area contributed by atoms with Gasteiger partial charge in [-0.3, -0.25) is 4.79 Å². The van der Waals surface area contributed by atoms with Crippen LogP contribution < -0.4 is 15.1 Å². The summed E-state index contributed by atoms with van der Waals surface area (Å²) in [5.74, 6) is 0.424. The van der Waals surface area contributed by atoms with E-state index in [1.807, 2.05) is 67.5 Å². The van der Waals surface area contributed by atoms with Crippen LogP contribution in [0, 0.1) is 0 Å². The molecule has 2 rings (SSSR count). The highest BCUT2D eigenvalue weighted by atomic mass is 16.5. The molecule has 0 atom stereocenters. The van der Waals surface area contributed by atoms with Crippen molar-refractivity contribution in [3.8, 4) is 5.75 Å². The smallest absolute Gasteiger partial charge is 0.277 e. The number of nitrogens with one attached hydrogen (secondary N) is 1. The van der Waals surface area contributed by atoms with Crippen molar-refractivity contribution in [2.24, 2.45) is 5.10 Å². The average Bonchev–Trinajstić information content (AvgIpc) is 2.60. The van der Waals surface area contributed by atoms with Gasteiger partial charge in [0, 0.05) is 19.8 Å². The summed E-state index contributed by atoms with van der Waals surface area (Å²) in [5.41, 5.74) is 5.53. The van der Waals surface area contributed by atoms with Crippen LogP contribution in [0.2, 0.25) is 0 Å². The van der Waals surface area contributed by atoms with E-state index in [0.29, 0.717) is 0 Å². The summed E-state index contributed by atoms with van der Waals surface area (Å²) in [6.45, 7) is 6.26. The van der Waals surface area contributed by atoms with Crippen LogP contribution >= 0.6 is 0 Å². The van der Waals surface area contributed by atoms with Gasteiger partial charge >= 0.3 is 0 Å². The number of ether oxygens (including phenoxy) is 1. The van der Waals surface area contributed by atoms with E-state index in [1.54, 1.807) is 6.21 Å². The predicted octanol–water partition coefficient (Wildman–Crippen LogP) is 3.58. The number of benzene rings is 2. The van der Waals surface area contributed by atoms with Gasteiger partial charge in [-0.1, -0.05) is 51.1 Å². The van der Waals surface area contributed by atoms with Crippen molar-refractivity contribution >= 4 is 17.8 Å². The molecule has 1 amide bonds. The third-order valence-electron chi connectivity index (χ3n) is 3.87. The van der Waals surface area contributed by atoms with E-state index < -0.39 is 0 Å². The van der Waals surface area contributed by atoms with Crippen molar-refractivity contribution in [1.82, 2.24) is 5.43 Å². The molecule has 0 aliphatic rings. The average molecular weight is 353 g/mol. The zero-order valence-corrected chi connectivity index (χ0v) is 16.1. The van der Waals surface area contributed by atoms with Gasteiger partial charge in [-0.25, -0.2) is 5.43 Å². The molecule has 0 spiro atoms. The minimum atomic E-state index is -0.296. The summed E-state index contributed by atoms with van der Waals surface area (Å²) in [5, 5.41) is 3.98. The second kappa shape index (κ2) is 8.52. The molecule has 0 heterocycles. The molecular formula is C21H27N3O2. The van der Waals surface area contributed by atoms with E-state index in [0.717, 1.165) is 22.6 Å². The van der Waals surface area contributed by atoms with E-state index in [4.69, 9.17) is 4.74 Å². The monoisotopic (exact) mass is 353 g/mol. The number of nitrogens with zero attached hydrogens (tertiary/aromatic N) is 2. The first kappa shape index (κ1) is 19.5. The SMILES string of the molecule is CN(C)c1ccc(C=NNC(=O)COc2ccccc2C(C)(C)C)cc1. The Morgan fingerprint density at radius 2 is 1.77 bits per heavy atom. The maximum absolute atomic E-state index is 12.0. The summed E-state index contributed by atoms with van der Waals surface area (Å²) >= 11 is 0. The molecule has 2 aromatic rings. The molecule has 0 bridgehead atoms. The quantitative estimate of drug-likeness (QED) is 0.638. The van der Waals surface area contributed by atoms with Gasteiger partial charge < -0.3 is 9.64 Å². The van der Waals surface area contributed by atoms with Crippen molar-refractivity contribution < 1.29 is 9.53 Å². The molecule has 0 aliphatic heterocycles. The van der Waals surface area contributed by atoms with Crippen LogP contribution in [0.15, 0.2) is 53.6 Å². The number of para-hydroxylation sites is 1. The number of rotatable bonds is 6. The number of carbonyl (C=O) groups excluding carboxylic acids is 1. The van der Waals surface area contributed by atoms with Crippen molar-refractivity contribution in [3.63, 3.8) is 0 Å². The summed E-state index contributed by atoms with van der Waals surface area (Å²) in [4.78, 5) is 14.0. The van der Waals surface area contributed by atoms with Crippen LogP contribution in [0.1, 0.15) is 31.9 Å². The standard InChI is InChI=1S/C21H27N3O2/c1-21(2,3)18-8-6-7-9-19(18)26-15-20(25)23-22-14-16-10-12-17(13-11-16)24(4)5/h6-14H,15H2,1-5H3,(H,23,25). The van der Waals surface area contributed by atoms with E-state index in [1.165, 1.54) is 0 Å². The fourth-order valence-electron chi connectivity index (χ4n) is 2.43. The van der Waals surface area contributed by atoms with Crippen LogP contribution in [0.25, 0.3) is 0 Å². The second-order valence-corrected chi connectivity index (χ2v) is 7.31. The van der Waals surface area contributed by atoms with E-state index in [-0.39, 0.29) is 17.9 Å². The highest BCUT2D eigenvalue weighted by Gasteiger charge is 2.18. The lowest BCUT2D eigenvalue weighted by Gasteiger charge is -2.22. The zero-order valence-electron chi connectivity index (χ0n) is 16.1. The highest BCUT2D eigenvalue weighted by Crippen LogP contribution is 2.30. The number of hydrazone groups is 1. The van der Waals surface area contributed by atoms with Gasteiger partial charge in [0.25, 0.3) is 5.91 Å². The van der Waals surface area contributed by atoms with Crippen LogP contribution in [0.5, 0.6) is 5.75 Å². The Morgan fingerprint density at radius 1 is 1.12 bits per heavy atom. The molecule has 0 saturated carbocycles. The van der Waals surface area contributed by atoms with Crippen molar-refractivity contribution in [2.75, 3.05) is 25.6 Å². The van der Waals surface area contributed by atoms with Gasteiger partial charge in [0.1, 0.15) is 5.75 Å². The number of hydrogen-bond acceptors (Lipinski definition) is 4. The number of anilines is 1. The van der Waals surface area contributed by atoms with Gasteiger partial charge in [-0.05, 0) is 34.7 Å². The summed E-state index contributed by atoms with van der Waals surface area (Å²) in [6.07, 6.45) is 1.61. The highest BCUT2D eigenvalue weighted by molar-refractivity contribution is 5.83. The molecule has 138 valence electrons. The molecule has 5 nitrogen and oxygen atoms in total. The molecular weight excluding hydrogens is 326 g/mol. The predicted molar refractivity (Wildman–Crippen MR) is 107 cm³/mol. The van der Waals surface area contributed by atoms with E-state index in [9.17, 15) is 4.79 Å². The van der Waals surface area contributed by atoms with Gasteiger partial charge in [0.15, 0.2) is 6.61 Å². The summed E-state index contributed by atoms with van der Waals surface area (Å²) in [6, 6.07) is 15.6. The molecule has 0 radical (unpaired) electrons. The lowest BCUT2D eigenvalue weighted by molar-refractivity contribution is -0.123. The number of hydrogen-bond donors (Lipinski definition) is 1. The van der Waals surface area contributed by atoms with Crippen LogP contribution in [0.4, 0.5) is 5.69 Å². The Kier molecular flexibility index (Phi) is 6.39. The molecule has 5 heteroatoms. The van der Waals surface area contributed by atoms with Crippen molar-refractivity contribution in [2.45, 2.75) is 26.2 Å². The van der Waals surface area contributed by atoms with Crippen LogP contribution in [-0.4, -0.2) is 32.8 Å². The first-order valence-corrected chi connectivity index (χ1v) is 8.59. The van der Waals surface area contributed by atoms with Gasteiger partial charge in [0.2, 0.25) is 0 Å². The van der Waals surface area contributed by atoms with Crippen LogP contribution in [-0.2, 0) is 10.2 Å². The van der Waals surface area contributed by atoms with Gasteiger partial charge in [0.05, 0.1) is 6.21 Å². The normalized spacial score (nSPS) is 11.4. The zero-order chi connectivity index (χ0) is 19.2. The summed E-state index contributed by atoms with van der Waals surface area (Å²) in [7, 11) is 3.97. The molecule has 0 saturated heterocycles. The second-order valence-electron chi connectivity index (χ2n) is 7.31. The van der Waals surface area contributed by atoms with E-state index in [2.05, 4.69) is 31.3 Å². The number of amides is 1. The van der Waals surface area contributed by atoms with Crippen molar-refractivity contribution in [1.29, 1.82) is 0 Å². The Morgan fingerprint density at radius 3 is 2.38 bits per heavy atom. The first-order chi connectivity index (χ1) is 12.3. The lowest BCUT2D eigenvalue weighted by atomic mass is 9.86. The molecule has 0 aliphatic carbocycles. The van der Waals surface area contributed by atoms with E-state index >= 15 is 0 Å². The largest absolute Gasteiger partial charge is 0.483 e. The summed E-state index contributed by atoms with van der Waals surface area (Å²) < 4.78 is 5.68. The van der Waals surface area contributed by atoms with Gasteiger partial charge in [-0.2, -0.15) is 5.10 Å². The lowest BCUT2D eigenvalue weighted by Crippen LogP contribution is -2.25. The Balaban J connectivity index is 1.88. The molecule has 1 N–H and O–H groups in total. The maximum atomic E-state index is 12.0. The Labute approximate surface area is 155 Å². The molecule has 0 fully saturated rings. The Bertz CT molecular complexity index is 760. The van der Waals surface area contributed by atoms with Gasteiger partial charge in [-0.15, -0.1) is 0 Å². The Hall–Kier alpha value is -2.82. The minimum Gasteiger partial charge on any atom is -0.483 e. The maximum Gasteiger partial charge on any atom is 0.277 e. The molecule has 26 heavy (non-hydrogen) atoms. The fourth-order valence-corrected chi connectivity index (χ4v) is 2.43. The third kappa shape index (κ3) is 5.62. The molecule has 0 unspecified atom stereocenters. The molecule has 0 aromatic heterocycles. The van der Waals surface area contributed by atoms with Crippen molar-refractivity contribution in [3.05, 3.63) is 59.7 Å². The molecule has 2 aromatic carbocycles. The third-order valence-corrected chi connectivity index (χ3v) is 3.87. The number of carbonyl (C=O) groups is 1. The first-order valence-electron chi connectivity index (χ1n) is 8.59. The van der Waals surface area contributed by atoms with Crippen LogP contribution in [0.3, 0.4) is 0 Å². The minimum absolute atomic E-state index is 0.0516.